The van der Waals surface area contributed by atoms with Gasteiger partial charge in [-0.1, -0.05) is 18.2 Å². The van der Waals surface area contributed by atoms with Crippen LogP contribution in [-0.4, -0.2) is 76.1 Å². The molecular formula is C28H30AsN5O4. The van der Waals surface area contributed by atoms with E-state index in [0.29, 0.717) is 40.5 Å². The molecule has 2 aromatic carbocycles. The number of carbonyl (C=O) groups is 1. The van der Waals surface area contributed by atoms with Gasteiger partial charge in [-0.2, -0.15) is 0 Å². The Kier molecular flexibility index (Phi) is 7.94. The van der Waals surface area contributed by atoms with E-state index in [4.69, 9.17) is 24.2 Å². The second kappa shape index (κ2) is 11.7. The van der Waals surface area contributed by atoms with Crippen LogP contribution in [0.1, 0.15) is 18.4 Å². The van der Waals surface area contributed by atoms with E-state index in [-0.39, 0.29) is 18.7 Å². The Labute approximate surface area is 230 Å². The molecule has 3 heterocycles. The van der Waals surface area contributed by atoms with Crippen molar-refractivity contribution in [2.75, 3.05) is 32.6 Å². The summed E-state index contributed by atoms with van der Waals surface area (Å²) >= 11 is 1.34. The number of carbonyl (C=O) groups excluding carboxylic acids is 1. The van der Waals surface area contributed by atoms with E-state index < -0.39 is 0 Å². The van der Waals surface area contributed by atoms with Gasteiger partial charge >= 0.3 is 212 Å². The normalized spacial score (nSPS) is 15.2. The van der Waals surface area contributed by atoms with Crippen molar-refractivity contribution in [3.05, 3.63) is 66.2 Å². The fourth-order valence-corrected chi connectivity index (χ4v) is 5.12. The molecule has 1 aliphatic heterocycles. The van der Waals surface area contributed by atoms with Crippen molar-refractivity contribution in [3.8, 4) is 22.8 Å². The molecule has 1 saturated heterocycles. The molecule has 0 spiro atoms. The van der Waals surface area contributed by atoms with Crippen LogP contribution in [0, 0.1) is 0 Å². The van der Waals surface area contributed by atoms with Crippen molar-refractivity contribution < 1.29 is 19.0 Å². The predicted molar refractivity (Wildman–Crippen MR) is 149 cm³/mol. The number of methoxy groups -OCH3 is 2. The Morgan fingerprint density at radius 3 is 2.63 bits per heavy atom. The van der Waals surface area contributed by atoms with E-state index in [1.807, 2.05) is 60.7 Å². The maximum atomic E-state index is 12.8. The first-order valence-electron chi connectivity index (χ1n) is 12.4. The molecule has 2 atom stereocenters. The van der Waals surface area contributed by atoms with Gasteiger partial charge in [-0.05, 0) is 0 Å². The van der Waals surface area contributed by atoms with E-state index >= 15 is 0 Å². The number of pyridine rings is 1. The third-order valence-corrected chi connectivity index (χ3v) is 7.01. The van der Waals surface area contributed by atoms with Crippen LogP contribution in [0.15, 0.2) is 60.7 Å². The predicted octanol–water partition coefficient (Wildman–Crippen LogP) is 3.18. The second-order valence-corrected chi connectivity index (χ2v) is 10.1. The molecule has 4 aromatic rings. The van der Waals surface area contributed by atoms with Crippen LogP contribution in [0.25, 0.3) is 22.3 Å². The van der Waals surface area contributed by atoms with Gasteiger partial charge in [0.15, 0.2) is 0 Å². The monoisotopic (exact) mass is 575 g/mol. The number of benzene rings is 2. The fraction of sp³-hybridized carbons (Fsp3) is 0.286. The number of aromatic nitrogens is 3. The van der Waals surface area contributed by atoms with Crippen LogP contribution in [-0.2, 0) is 11.3 Å². The molecule has 1 amide bonds. The van der Waals surface area contributed by atoms with E-state index in [9.17, 15) is 4.79 Å². The number of anilines is 1. The summed E-state index contributed by atoms with van der Waals surface area (Å²) in [6, 6.07) is 19.3. The number of likely N-dealkylation sites (tertiary alicyclic amines) is 1. The summed E-state index contributed by atoms with van der Waals surface area (Å²) in [6.45, 7) is 1.45. The summed E-state index contributed by atoms with van der Waals surface area (Å²) in [4.78, 5) is 28.7. The molecule has 1 N–H and O–H groups in total. The zero-order chi connectivity index (χ0) is 26.5. The van der Waals surface area contributed by atoms with Gasteiger partial charge in [0.25, 0.3) is 0 Å². The summed E-state index contributed by atoms with van der Waals surface area (Å²) in [7, 11) is 3.22. The average molecular weight is 576 g/mol. The van der Waals surface area contributed by atoms with Crippen LogP contribution in [0.4, 0.5) is 10.6 Å². The number of piperidine rings is 1. The van der Waals surface area contributed by atoms with Crippen LogP contribution >= 0.6 is 0 Å². The van der Waals surface area contributed by atoms with Gasteiger partial charge in [0.05, 0.1) is 0 Å². The van der Waals surface area contributed by atoms with Gasteiger partial charge < -0.3 is 0 Å². The third-order valence-electron chi connectivity index (χ3n) is 6.46. The number of ether oxygens (including phenoxy) is 3. The molecular weight excluding hydrogens is 545 g/mol. The maximum absolute atomic E-state index is 12.8. The zero-order valence-electron chi connectivity index (χ0n) is 21.4. The Morgan fingerprint density at radius 1 is 1.03 bits per heavy atom. The number of amides is 1. The SMILES string of the molecule is COc1ccc(-c2ccc3nc([AsH2])nc(NC4CCCN(C(=O)OCc5ccccc5)C4)c3n2)cc1OC. The van der Waals surface area contributed by atoms with Crippen molar-refractivity contribution in [1.29, 1.82) is 0 Å². The van der Waals surface area contributed by atoms with Crippen molar-refractivity contribution in [2.45, 2.75) is 25.5 Å². The van der Waals surface area contributed by atoms with Crippen LogP contribution in [0.5, 0.6) is 11.5 Å². The molecule has 2 unspecified atom stereocenters. The van der Waals surface area contributed by atoms with E-state index in [1.165, 1.54) is 16.9 Å². The van der Waals surface area contributed by atoms with Gasteiger partial charge in [0, 0.05) is 0 Å². The summed E-state index contributed by atoms with van der Waals surface area (Å²) in [5.41, 5.74) is 4.08. The van der Waals surface area contributed by atoms with Gasteiger partial charge in [-0.25, -0.2) is 0 Å². The Morgan fingerprint density at radius 2 is 1.84 bits per heavy atom. The average Bonchev–Trinajstić information content (AvgIpc) is 2.96. The van der Waals surface area contributed by atoms with E-state index in [1.54, 1.807) is 19.1 Å². The van der Waals surface area contributed by atoms with Crippen molar-refractivity contribution in [3.63, 3.8) is 0 Å². The number of hydrogen-bond donors (Lipinski definition) is 1. The first-order valence-corrected chi connectivity index (χ1v) is 13.6. The Balaban J connectivity index is 1.35. The van der Waals surface area contributed by atoms with Crippen LogP contribution < -0.4 is 19.4 Å². The standard InChI is InChI=1S/C28H30AsN5O4/c1-36-23-13-10-19(15-24(23)37-2)21-11-12-22-25(31-21)26(33-27(29)32-22)30-20-9-6-14-34(16-20)28(35)38-17-18-7-4-3-5-8-18/h3-5,7-8,10-13,15,20H,6,9,14,16-17,29H2,1-2H3,(H,30,32,33). The number of rotatable bonds is 7. The first kappa shape index (κ1) is 25.8. The molecule has 2 aromatic heterocycles. The minimum atomic E-state index is -0.304. The summed E-state index contributed by atoms with van der Waals surface area (Å²) in [6.07, 6.45) is 1.48. The summed E-state index contributed by atoms with van der Waals surface area (Å²) in [5, 5.41) is 3.55. The zero-order valence-corrected chi connectivity index (χ0v) is 23.8. The minimum absolute atomic E-state index is 0.0181. The molecule has 0 bridgehead atoms. The molecule has 5 rings (SSSR count). The molecule has 0 aliphatic carbocycles. The number of nitrogens with zero attached hydrogens (tertiary/aromatic N) is 4. The molecule has 1 aliphatic rings. The molecule has 38 heavy (non-hydrogen) atoms. The van der Waals surface area contributed by atoms with Gasteiger partial charge in [0.1, 0.15) is 0 Å². The van der Waals surface area contributed by atoms with Crippen molar-refractivity contribution in [1.82, 2.24) is 19.9 Å². The topological polar surface area (TPSA) is 98.7 Å². The van der Waals surface area contributed by atoms with E-state index in [2.05, 4.69) is 10.3 Å². The number of nitrogens with one attached hydrogen (secondary N) is 1. The Hall–Kier alpha value is -3.84. The van der Waals surface area contributed by atoms with Gasteiger partial charge in [-0.15, -0.1) is 0 Å². The van der Waals surface area contributed by atoms with Crippen molar-refractivity contribution >= 4 is 44.4 Å². The molecule has 9 nitrogen and oxygen atoms in total. The number of hydrogen-bond acceptors (Lipinski definition) is 8. The number of fused-ring (bicyclic) bond motifs is 1. The summed E-state index contributed by atoms with van der Waals surface area (Å²) < 4.78 is 17.1. The molecule has 1 fully saturated rings. The quantitative estimate of drug-likeness (QED) is 0.336. The molecule has 196 valence electrons. The molecule has 0 radical (unpaired) electrons. The summed E-state index contributed by atoms with van der Waals surface area (Å²) in [5.74, 6) is 1.96. The Bertz CT molecular complexity index is 1440. The molecule has 10 heteroatoms. The van der Waals surface area contributed by atoms with Crippen LogP contribution in [0.2, 0.25) is 0 Å². The fourth-order valence-electron chi connectivity index (χ4n) is 4.55. The first-order chi connectivity index (χ1) is 18.5. The third kappa shape index (κ3) is 5.83. The van der Waals surface area contributed by atoms with Crippen LogP contribution in [0.3, 0.4) is 0 Å². The molecule has 0 saturated carbocycles. The van der Waals surface area contributed by atoms with Crippen molar-refractivity contribution in [2.24, 2.45) is 0 Å². The van der Waals surface area contributed by atoms with Gasteiger partial charge in [-0.3, -0.25) is 0 Å². The van der Waals surface area contributed by atoms with E-state index in [0.717, 1.165) is 35.2 Å². The second-order valence-electron chi connectivity index (χ2n) is 9.03. The van der Waals surface area contributed by atoms with Gasteiger partial charge in [0.2, 0.25) is 0 Å².